The Bertz CT molecular complexity index is 822. The Morgan fingerprint density at radius 3 is 2.40 bits per heavy atom. The molecule has 9 heteroatoms. The molecule has 2 rings (SSSR count). The predicted molar refractivity (Wildman–Crippen MR) is 104 cm³/mol. The van der Waals surface area contributed by atoms with Crippen molar-refractivity contribution >= 4 is 35.3 Å². The van der Waals surface area contributed by atoms with E-state index in [-0.39, 0.29) is 16.8 Å². The lowest BCUT2D eigenvalue weighted by Crippen LogP contribution is -2.34. The van der Waals surface area contributed by atoms with E-state index in [1.54, 1.807) is 26.0 Å². The summed E-state index contributed by atoms with van der Waals surface area (Å²) in [5.74, 6) is 0.219. The fourth-order valence-corrected chi connectivity index (χ4v) is 5.55. The molecule has 0 aromatic carbocycles. The largest absolute Gasteiger partial charge is 0.360 e. The third kappa shape index (κ3) is 4.93. The van der Waals surface area contributed by atoms with Crippen molar-refractivity contribution in [1.82, 2.24) is 5.16 Å². The predicted octanol–water partition coefficient (Wildman–Crippen LogP) is 4.17. The van der Waals surface area contributed by atoms with E-state index in [1.165, 1.54) is 15.6 Å². The normalized spacial score (nSPS) is 12.6. The first-order valence-corrected chi connectivity index (χ1v) is 14.1. The van der Waals surface area contributed by atoms with Crippen molar-refractivity contribution in [1.29, 1.82) is 0 Å². The van der Waals surface area contributed by atoms with Crippen molar-refractivity contribution in [3.8, 4) is 0 Å². The van der Waals surface area contributed by atoms with Gasteiger partial charge in [-0.05, 0) is 38.9 Å². The molecule has 2 aromatic rings. The van der Waals surface area contributed by atoms with Crippen LogP contribution < -0.4 is 4.31 Å². The van der Waals surface area contributed by atoms with Gasteiger partial charge in [-0.3, -0.25) is 0 Å². The minimum atomic E-state index is -3.75. The van der Waals surface area contributed by atoms with Crippen molar-refractivity contribution in [3.63, 3.8) is 0 Å². The lowest BCUT2D eigenvalue weighted by atomic mass is 10.3. The Hall–Kier alpha value is -1.16. The molecule has 0 atom stereocenters. The summed E-state index contributed by atoms with van der Waals surface area (Å²) in [7, 11) is -5.00. The van der Waals surface area contributed by atoms with Crippen LogP contribution in [0.2, 0.25) is 25.7 Å². The summed E-state index contributed by atoms with van der Waals surface area (Å²) in [5.41, 5.74) is 1.37. The molecule has 0 N–H and O–H groups in total. The molecule has 0 fully saturated rings. The lowest BCUT2D eigenvalue weighted by molar-refractivity contribution is 0.153. The molecule has 0 unspecified atom stereocenters. The van der Waals surface area contributed by atoms with Gasteiger partial charge < -0.3 is 9.26 Å². The van der Waals surface area contributed by atoms with Crippen LogP contribution in [0.4, 0.5) is 5.88 Å². The average Bonchev–Trinajstić information content (AvgIpc) is 3.06. The van der Waals surface area contributed by atoms with Crippen molar-refractivity contribution in [2.24, 2.45) is 0 Å². The second-order valence-electron chi connectivity index (χ2n) is 7.26. The molecular weight excluding hydrogens is 376 g/mol. The topological polar surface area (TPSA) is 72.6 Å². The Balaban J connectivity index is 2.28. The molecule has 0 amide bonds. The lowest BCUT2D eigenvalue weighted by Gasteiger charge is -2.22. The van der Waals surface area contributed by atoms with Gasteiger partial charge in [0.15, 0.2) is 0 Å². The van der Waals surface area contributed by atoms with E-state index in [1.807, 2.05) is 6.92 Å². The quantitative estimate of drug-likeness (QED) is 0.376. The fourth-order valence-electron chi connectivity index (χ4n) is 2.06. The summed E-state index contributed by atoms with van der Waals surface area (Å²) in [6, 6.07) is 4.37. The average molecular weight is 403 g/mol. The highest BCUT2D eigenvalue weighted by atomic mass is 32.2. The first kappa shape index (κ1) is 20.2. The second kappa shape index (κ2) is 7.61. The van der Waals surface area contributed by atoms with E-state index in [9.17, 15) is 8.42 Å². The maximum absolute atomic E-state index is 13.1. The van der Waals surface area contributed by atoms with E-state index < -0.39 is 18.1 Å². The smallest absolute Gasteiger partial charge is 0.278 e. The molecule has 0 aliphatic carbocycles. The van der Waals surface area contributed by atoms with Gasteiger partial charge in [0.25, 0.3) is 10.0 Å². The summed E-state index contributed by atoms with van der Waals surface area (Å²) in [6.07, 6.45) is 0. The molecule has 0 saturated heterocycles. The van der Waals surface area contributed by atoms with Crippen molar-refractivity contribution in [2.75, 3.05) is 17.6 Å². The highest BCUT2D eigenvalue weighted by Gasteiger charge is 2.31. The molecule has 2 aromatic heterocycles. The highest BCUT2D eigenvalue weighted by Crippen LogP contribution is 2.31. The summed E-state index contributed by atoms with van der Waals surface area (Å²) >= 11 is 1.23. The number of anilines is 1. The van der Waals surface area contributed by atoms with E-state index in [0.717, 1.165) is 10.9 Å². The van der Waals surface area contributed by atoms with Crippen LogP contribution in [0.15, 0.2) is 20.9 Å². The minimum Gasteiger partial charge on any atom is -0.360 e. The fraction of sp³-hybridized carbons (Fsp3) is 0.562. The molecule has 0 bridgehead atoms. The van der Waals surface area contributed by atoms with Crippen LogP contribution in [0.1, 0.15) is 16.1 Å². The second-order valence-corrected chi connectivity index (χ2v) is 16.3. The number of nitrogens with zero attached hydrogens (tertiary/aromatic N) is 2. The summed E-state index contributed by atoms with van der Waals surface area (Å²) in [4.78, 5) is 0.934. The molecule has 0 saturated carbocycles. The molecule has 0 aliphatic heterocycles. The zero-order valence-electron chi connectivity index (χ0n) is 15.6. The first-order valence-electron chi connectivity index (χ1n) is 8.12. The number of hydrogen-bond acceptors (Lipinski definition) is 6. The maximum Gasteiger partial charge on any atom is 0.278 e. The third-order valence-corrected chi connectivity index (χ3v) is 8.70. The van der Waals surface area contributed by atoms with Gasteiger partial charge in [-0.15, -0.1) is 11.3 Å². The zero-order chi connectivity index (χ0) is 18.8. The van der Waals surface area contributed by atoms with E-state index in [2.05, 4.69) is 24.8 Å². The van der Waals surface area contributed by atoms with E-state index in [4.69, 9.17) is 9.26 Å². The van der Waals surface area contributed by atoms with Crippen LogP contribution in [-0.2, 0) is 14.8 Å². The van der Waals surface area contributed by atoms with Crippen molar-refractivity contribution in [3.05, 3.63) is 28.3 Å². The molecule has 25 heavy (non-hydrogen) atoms. The molecular formula is C16H26N2O4S2Si. The minimum absolute atomic E-state index is 0.0841. The summed E-state index contributed by atoms with van der Waals surface area (Å²) in [5, 5.41) is 3.89. The monoisotopic (exact) mass is 402 g/mol. The molecule has 0 spiro atoms. The summed E-state index contributed by atoms with van der Waals surface area (Å²) < 4.78 is 38.6. The van der Waals surface area contributed by atoms with Gasteiger partial charge in [-0.1, -0.05) is 24.8 Å². The van der Waals surface area contributed by atoms with Crippen molar-refractivity contribution < 1.29 is 17.7 Å². The number of thiophene rings is 1. The van der Waals surface area contributed by atoms with Crippen LogP contribution in [0.3, 0.4) is 0 Å². The molecule has 0 aliphatic rings. The van der Waals surface area contributed by atoms with Gasteiger partial charge in [0.2, 0.25) is 5.88 Å². The van der Waals surface area contributed by atoms with E-state index >= 15 is 0 Å². The number of sulfonamides is 1. The van der Waals surface area contributed by atoms with Gasteiger partial charge in [0.1, 0.15) is 10.9 Å². The van der Waals surface area contributed by atoms with Gasteiger partial charge in [0, 0.05) is 25.1 Å². The molecule has 140 valence electrons. The van der Waals surface area contributed by atoms with Crippen LogP contribution in [0.5, 0.6) is 0 Å². The first-order chi connectivity index (χ1) is 11.5. The number of aryl methyl sites for hydroxylation is 2. The Morgan fingerprint density at radius 1 is 1.24 bits per heavy atom. The van der Waals surface area contributed by atoms with Crippen LogP contribution in [0, 0.1) is 20.8 Å². The number of aromatic nitrogens is 1. The van der Waals surface area contributed by atoms with Gasteiger partial charge in [-0.2, -0.15) is 0 Å². The summed E-state index contributed by atoms with van der Waals surface area (Å²) in [6.45, 7) is 12.7. The molecule has 2 heterocycles. The van der Waals surface area contributed by atoms with Gasteiger partial charge in [0.05, 0.1) is 5.69 Å². The van der Waals surface area contributed by atoms with Crippen molar-refractivity contribution in [2.45, 2.75) is 50.7 Å². The third-order valence-electron chi connectivity index (χ3n) is 3.82. The Kier molecular flexibility index (Phi) is 6.13. The molecule has 0 radical (unpaired) electrons. The number of hydrogen-bond donors (Lipinski definition) is 0. The molecule has 6 nitrogen and oxygen atoms in total. The number of ether oxygens (including phenoxy) is 1. The Labute approximate surface area is 154 Å². The van der Waals surface area contributed by atoms with Gasteiger partial charge in [-0.25, -0.2) is 12.7 Å². The number of rotatable bonds is 8. The van der Waals surface area contributed by atoms with Gasteiger partial charge >= 0.3 is 0 Å². The SMILES string of the molecule is Cc1ccc(S(=O)(=O)N(COCC[Si](C)(C)C)c2onc(C)c2C)s1. The van der Waals surface area contributed by atoms with Crippen LogP contribution >= 0.6 is 11.3 Å². The highest BCUT2D eigenvalue weighted by molar-refractivity contribution is 7.94. The van der Waals surface area contributed by atoms with E-state index in [0.29, 0.717) is 17.9 Å². The van der Waals surface area contributed by atoms with Crippen LogP contribution in [0.25, 0.3) is 0 Å². The van der Waals surface area contributed by atoms with Crippen LogP contribution in [-0.4, -0.2) is 35.0 Å². The Morgan fingerprint density at radius 2 is 1.92 bits per heavy atom. The maximum atomic E-state index is 13.1. The zero-order valence-corrected chi connectivity index (χ0v) is 18.3. The standard InChI is InChI=1S/C16H26N2O4S2Si/c1-12-7-8-15(23-12)24(19,20)18(11-21-9-10-25(4,5)6)16-13(2)14(3)17-22-16/h7-8H,9-11H2,1-6H3.